The number of para-hydroxylation sites is 1. The van der Waals surface area contributed by atoms with Crippen LogP contribution in [0.1, 0.15) is 31.9 Å². The summed E-state index contributed by atoms with van der Waals surface area (Å²) in [4.78, 5) is 10.6. The molecule has 0 heterocycles. The highest BCUT2D eigenvalue weighted by molar-refractivity contribution is 5.55. The highest BCUT2D eigenvalue weighted by Crippen LogP contribution is 2.30. The molecule has 4 nitrogen and oxygen atoms in total. The fourth-order valence-corrected chi connectivity index (χ4v) is 2.25. The second kappa shape index (κ2) is 5.95. The van der Waals surface area contributed by atoms with Gasteiger partial charge in [-0.3, -0.25) is 0 Å². The summed E-state index contributed by atoms with van der Waals surface area (Å²) < 4.78 is 0. The van der Waals surface area contributed by atoms with Crippen molar-refractivity contribution in [2.75, 3.05) is 5.32 Å². The van der Waals surface area contributed by atoms with Crippen molar-refractivity contribution >= 4 is 11.4 Å². The van der Waals surface area contributed by atoms with Gasteiger partial charge in [-0.05, 0) is 40.4 Å². The Hall–Kier alpha value is -2.36. The molecule has 2 aromatic carbocycles. The molecule has 0 aliphatic carbocycles. The smallest absolute Gasteiger partial charge is 0.120 e. The van der Waals surface area contributed by atoms with Crippen molar-refractivity contribution in [1.82, 2.24) is 0 Å². The van der Waals surface area contributed by atoms with E-state index in [1.807, 2.05) is 18.2 Å². The van der Waals surface area contributed by atoms with E-state index < -0.39 is 0 Å². The van der Waals surface area contributed by atoms with Gasteiger partial charge in [-0.2, -0.15) is 0 Å². The lowest BCUT2D eigenvalue weighted by Gasteiger charge is -2.23. The first-order valence-corrected chi connectivity index (χ1v) is 6.90. The van der Waals surface area contributed by atoms with Gasteiger partial charge in [-0.1, -0.05) is 39.0 Å². The summed E-state index contributed by atoms with van der Waals surface area (Å²) in [5, 5.41) is 16.1. The SMILES string of the molecule is CC(C)(C)c1ccccc1NCc1cc(N=O)ccc1O. The second-order valence-corrected chi connectivity index (χ2v) is 6.05. The predicted octanol–water partition coefficient (Wildman–Crippen LogP) is 4.70. The van der Waals surface area contributed by atoms with Crippen LogP contribution in [0.25, 0.3) is 0 Å². The van der Waals surface area contributed by atoms with Crippen LogP contribution in [-0.4, -0.2) is 5.11 Å². The van der Waals surface area contributed by atoms with Crippen molar-refractivity contribution < 1.29 is 5.11 Å². The molecule has 0 radical (unpaired) electrons. The van der Waals surface area contributed by atoms with E-state index in [0.717, 1.165) is 5.69 Å². The van der Waals surface area contributed by atoms with Crippen molar-refractivity contribution in [2.45, 2.75) is 32.7 Å². The van der Waals surface area contributed by atoms with Crippen LogP contribution in [0.15, 0.2) is 47.6 Å². The molecule has 0 saturated heterocycles. The van der Waals surface area contributed by atoms with Crippen LogP contribution >= 0.6 is 0 Å². The van der Waals surface area contributed by atoms with Crippen LogP contribution in [-0.2, 0) is 12.0 Å². The number of nitrogens with one attached hydrogen (secondary N) is 1. The number of hydrogen-bond donors (Lipinski definition) is 2. The highest BCUT2D eigenvalue weighted by atomic mass is 16.3. The summed E-state index contributed by atoms with van der Waals surface area (Å²) in [7, 11) is 0. The number of nitrogens with zero attached hydrogens (tertiary/aromatic N) is 1. The fraction of sp³-hybridized carbons (Fsp3) is 0.294. The van der Waals surface area contributed by atoms with E-state index in [0.29, 0.717) is 17.8 Å². The molecule has 0 bridgehead atoms. The molecule has 2 N–H and O–H groups in total. The van der Waals surface area contributed by atoms with E-state index in [-0.39, 0.29) is 11.2 Å². The summed E-state index contributed by atoms with van der Waals surface area (Å²) >= 11 is 0. The minimum Gasteiger partial charge on any atom is -0.508 e. The van der Waals surface area contributed by atoms with Gasteiger partial charge in [0, 0.05) is 17.8 Å². The lowest BCUT2D eigenvalue weighted by Crippen LogP contribution is -2.14. The molecule has 0 amide bonds. The Morgan fingerprint density at radius 1 is 1.14 bits per heavy atom. The maximum atomic E-state index is 10.6. The first-order valence-electron chi connectivity index (χ1n) is 6.90. The Bertz CT molecular complexity index is 645. The Morgan fingerprint density at radius 2 is 1.86 bits per heavy atom. The minimum absolute atomic E-state index is 0.0256. The molecular formula is C17H20N2O2. The molecule has 2 rings (SSSR count). The number of phenolic OH excluding ortho intramolecular Hbond substituents is 1. The molecule has 0 aromatic heterocycles. The molecule has 4 heteroatoms. The monoisotopic (exact) mass is 284 g/mol. The third-order valence-electron chi connectivity index (χ3n) is 3.37. The Balaban J connectivity index is 2.23. The van der Waals surface area contributed by atoms with Gasteiger partial charge < -0.3 is 10.4 Å². The van der Waals surface area contributed by atoms with E-state index in [1.165, 1.54) is 17.7 Å². The summed E-state index contributed by atoms with van der Waals surface area (Å²) in [6, 6.07) is 12.7. The number of aromatic hydroxyl groups is 1. The average molecular weight is 284 g/mol. The zero-order chi connectivity index (χ0) is 15.5. The van der Waals surface area contributed by atoms with E-state index in [1.54, 1.807) is 6.07 Å². The average Bonchev–Trinajstić information content (AvgIpc) is 2.46. The molecule has 0 unspecified atom stereocenters. The largest absolute Gasteiger partial charge is 0.508 e. The molecule has 110 valence electrons. The summed E-state index contributed by atoms with van der Waals surface area (Å²) in [6.45, 7) is 6.90. The summed E-state index contributed by atoms with van der Waals surface area (Å²) in [5.41, 5.74) is 3.21. The number of rotatable bonds is 4. The molecule has 0 saturated carbocycles. The van der Waals surface area contributed by atoms with Gasteiger partial charge in [-0.15, -0.1) is 4.91 Å². The van der Waals surface area contributed by atoms with Gasteiger partial charge in [0.15, 0.2) is 0 Å². The van der Waals surface area contributed by atoms with Crippen molar-refractivity contribution in [1.29, 1.82) is 0 Å². The molecule has 0 aliphatic heterocycles. The molecule has 2 aromatic rings. The predicted molar refractivity (Wildman–Crippen MR) is 86.0 cm³/mol. The van der Waals surface area contributed by atoms with E-state index in [2.05, 4.69) is 37.3 Å². The van der Waals surface area contributed by atoms with Crippen LogP contribution in [0.4, 0.5) is 11.4 Å². The molecule has 0 aliphatic rings. The zero-order valence-electron chi connectivity index (χ0n) is 12.6. The van der Waals surface area contributed by atoms with E-state index in [9.17, 15) is 10.0 Å². The van der Waals surface area contributed by atoms with Gasteiger partial charge in [0.1, 0.15) is 11.4 Å². The first kappa shape index (κ1) is 15.0. The Labute approximate surface area is 124 Å². The van der Waals surface area contributed by atoms with Gasteiger partial charge in [0.25, 0.3) is 0 Å². The third-order valence-corrected chi connectivity index (χ3v) is 3.37. The maximum absolute atomic E-state index is 10.6. The van der Waals surface area contributed by atoms with E-state index in [4.69, 9.17) is 0 Å². The van der Waals surface area contributed by atoms with Gasteiger partial charge in [-0.25, -0.2) is 0 Å². The van der Waals surface area contributed by atoms with Gasteiger partial charge in [0.05, 0.1) is 0 Å². The number of benzene rings is 2. The van der Waals surface area contributed by atoms with Gasteiger partial charge >= 0.3 is 0 Å². The number of phenols is 1. The minimum atomic E-state index is 0.0256. The van der Waals surface area contributed by atoms with E-state index >= 15 is 0 Å². The molecular weight excluding hydrogens is 264 g/mol. The van der Waals surface area contributed by atoms with Crippen molar-refractivity contribution in [3.8, 4) is 5.75 Å². The first-order chi connectivity index (χ1) is 9.91. The number of nitroso groups, excluding NO2 is 1. The fourth-order valence-electron chi connectivity index (χ4n) is 2.25. The van der Waals surface area contributed by atoms with Crippen LogP contribution in [0.5, 0.6) is 5.75 Å². The molecule has 21 heavy (non-hydrogen) atoms. The summed E-state index contributed by atoms with van der Waals surface area (Å²) in [6.07, 6.45) is 0. The number of hydrogen-bond acceptors (Lipinski definition) is 4. The van der Waals surface area contributed by atoms with Crippen molar-refractivity contribution in [3.63, 3.8) is 0 Å². The van der Waals surface area contributed by atoms with Crippen molar-refractivity contribution in [3.05, 3.63) is 58.5 Å². The second-order valence-electron chi connectivity index (χ2n) is 6.05. The van der Waals surface area contributed by atoms with Crippen LogP contribution < -0.4 is 5.32 Å². The third kappa shape index (κ3) is 3.60. The topological polar surface area (TPSA) is 61.7 Å². The Kier molecular flexibility index (Phi) is 4.26. The Morgan fingerprint density at radius 3 is 2.52 bits per heavy atom. The standard InChI is InChI=1S/C17H20N2O2/c1-17(2,3)14-6-4-5-7-15(14)18-11-12-10-13(19-21)8-9-16(12)20/h4-10,18,20H,11H2,1-3H3. The maximum Gasteiger partial charge on any atom is 0.120 e. The van der Waals surface area contributed by atoms with Crippen molar-refractivity contribution in [2.24, 2.45) is 5.18 Å². The normalized spacial score (nSPS) is 11.2. The van der Waals surface area contributed by atoms with Crippen LogP contribution in [0, 0.1) is 4.91 Å². The molecule has 0 atom stereocenters. The zero-order valence-corrected chi connectivity index (χ0v) is 12.6. The highest BCUT2D eigenvalue weighted by Gasteiger charge is 2.17. The van der Waals surface area contributed by atoms with Gasteiger partial charge in [0.2, 0.25) is 0 Å². The lowest BCUT2D eigenvalue weighted by atomic mass is 9.86. The summed E-state index contributed by atoms with van der Waals surface area (Å²) in [5.74, 6) is 0.156. The molecule has 0 fully saturated rings. The van der Waals surface area contributed by atoms with Crippen LogP contribution in [0.2, 0.25) is 0 Å². The lowest BCUT2D eigenvalue weighted by molar-refractivity contribution is 0.469. The van der Waals surface area contributed by atoms with Crippen LogP contribution in [0.3, 0.4) is 0 Å². The molecule has 0 spiro atoms. The number of anilines is 1. The quantitative estimate of drug-likeness (QED) is 0.800.